The molecule has 0 unspecified atom stereocenters. The fourth-order valence-electron chi connectivity index (χ4n) is 0.890. The Hall–Kier alpha value is -1.71. The van der Waals surface area contributed by atoms with Gasteiger partial charge in [-0.2, -0.15) is 0 Å². The van der Waals surface area contributed by atoms with Crippen LogP contribution < -0.4 is 5.32 Å². The zero-order valence-corrected chi connectivity index (χ0v) is 7.06. The molecule has 0 heterocycles. The van der Waals surface area contributed by atoms with Crippen molar-refractivity contribution in [2.45, 2.75) is 0 Å². The highest BCUT2D eigenvalue weighted by Crippen LogP contribution is 2.03. The van der Waals surface area contributed by atoms with E-state index >= 15 is 0 Å². The Labute approximate surface area is 76.1 Å². The van der Waals surface area contributed by atoms with E-state index in [2.05, 4.69) is 10.1 Å². The molecule has 0 aliphatic heterocycles. The van der Waals surface area contributed by atoms with Crippen LogP contribution >= 0.6 is 0 Å². The van der Waals surface area contributed by atoms with Gasteiger partial charge < -0.3 is 15.2 Å². The zero-order chi connectivity index (χ0) is 9.52. The summed E-state index contributed by atoms with van der Waals surface area (Å²) in [7, 11) is 0. The van der Waals surface area contributed by atoms with Gasteiger partial charge in [0.05, 0.1) is 0 Å². The van der Waals surface area contributed by atoms with E-state index in [1.165, 1.54) is 0 Å². The van der Waals surface area contributed by atoms with Crippen molar-refractivity contribution in [3.63, 3.8) is 0 Å². The third-order valence-corrected chi connectivity index (χ3v) is 1.43. The highest BCUT2D eigenvalue weighted by Gasteiger charge is 1.94. The summed E-state index contributed by atoms with van der Waals surface area (Å²) in [5.41, 5.74) is 0.955. The van der Waals surface area contributed by atoms with E-state index in [4.69, 9.17) is 5.11 Å². The molecule has 0 aliphatic carbocycles. The summed E-state index contributed by atoms with van der Waals surface area (Å²) in [4.78, 5) is 9.96. The maximum Gasteiger partial charge on any atom is 0.505 e. The number of rotatable bonds is 4. The normalized spacial score (nSPS) is 9.23. The standard InChI is InChI=1S/C9H11NO3/c11-9(12)13-7-6-10-8-4-2-1-3-5-8/h1-5,10H,6-7H2,(H,11,12). The van der Waals surface area contributed by atoms with Crippen molar-refractivity contribution in [3.05, 3.63) is 30.3 Å². The van der Waals surface area contributed by atoms with Crippen molar-refractivity contribution in [1.82, 2.24) is 0 Å². The van der Waals surface area contributed by atoms with Crippen LogP contribution in [0.15, 0.2) is 30.3 Å². The van der Waals surface area contributed by atoms with Gasteiger partial charge in [-0.3, -0.25) is 0 Å². The van der Waals surface area contributed by atoms with E-state index in [-0.39, 0.29) is 6.61 Å². The second kappa shape index (κ2) is 5.03. The smallest absolute Gasteiger partial charge is 0.450 e. The van der Waals surface area contributed by atoms with E-state index in [9.17, 15) is 4.79 Å². The molecule has 0 saturated carbocycles. The highest BCUT2D eigenvalue weighted by atomic mass is 16.7. The molecular weight excluding hydrogens is 170 g/mol. The summed E-state index contributed by atoms with van der Waals surface area (Å²) >= 11 is 0. The van der Waals surface area contributed by atoms with Crippen molar-refractivity contribution in [1.29, 1.82) is 0 Å². The summed E-state index contributed by atoms with van der Waals surface area (Å²) in [6.07, 6.45) is -1.24. The van der Waals surface area contributed by atoms with Gasteiger partial charge in [0.1, 0.15) is 6.61 Å². The summed E-state index contributed by atoms with van der Waals surface area (Å²) in [5, 5.41) is 11.2. The number of nitrogens with one attached hydrogen (secondary N) is 1. The van der Waals surface area contributed by atoms with Gasteiger partial charge in [-0.1, -0.05) is 18.2 Å². The molecule has 1 aromatic carbocycles. The van der Waals surface area contributed by atoms with Crippen molar-refractivity contribution in [3.8, 4) is 0 Å². The van der Waals surface area contributed by atoms with Crippen LogP contribution in [0.2, 0.25) is 0 Å². The summed E-state index contributed by atoms with van der Waals surface area (Å²) in [5.74, 6) is 0. The number of carbonyl (C=O) groups is 1. The van der Waals surface area contributed by atoms with Gasteiger partial charge in [0.15, 0.2) is 0 Å². The minimum atomic E-state index is -1.24. The Morgan fingerprint density at radius 1 is 1.38 bits per heavy atom. The summed E-state index contributed by atoms with van der Waals surface area (Å²) in [6, 6.07) is 9.53. The number of hydrogen-bond acceptors (Lipinski definition) is 3. The summed E-state index contributed by atoms with van der Waals surface area (Å²) in [6.45, 7) is 0.639. The molecule has 0 aliphatic rings. The van der Waals surface area contributed by atoms with Crippen molar-refractivity contribution >= 4 is 11.8 Å². The minimum Gasteiger partial charge on any atom is -0.450 e. The molecule has 0 atom stereocenters. The molecule has 13 heavy (non-hydrogen) atoms. The topological polar surface area (TPSA) is 58.6 Å². The van der Waals surface area contributed by atoms with E-state index < -0.39 is 6.16 Å². The van der Waals surface area contributed by atoms with Crippen LogP contribution in [0.5, 0.6) is 0 Å². The number of anilines is 1. The number of hydrogen-bond donors (Lipinski definition) is 2. The number of ether oxygens (including phenoxy) is 1. The SMILES string of the molecule is O=C(O)OCCNc1ccccc1. The number of carboxylic acid groups (broad SMARTS) is 1. The lowest BCUT2D eigenvalue weighted by Gasteiger charge is -2.04. The second-order valence-electron chi connectivity index (χ2n) is 2.41. The predicted molar refractivity (Wildman–Crippen MR) is 48.9 cm³/mol. The average Bonchev–Trinajstić information content (AvgIpc) is 2.14. The van der Waals surface area contributed by atoms with Crippen LogP contribution in [-0.4, -0.2) is 24.4 Å². The van der Waals surface area contributed by atoms with Gasteiger partial charge in [-0.05, 0) is 12.1 Å². The zero-order valence-electron chi connectivity index (χ0n) is 7.06. The van der Waals surface area contributed by atoms with Crippen LogP contribution in [0.3, 0.4) is 0 Å². The van der Waals surface area contributed by atoms with E-state index in [0.29, 0.717) is 6.54 Å². The molecular formula is C9H11NO3. The van der Waals surface area contributed by atoms with Gasteiger partial charge in [0.25, 0.3) is 0 Å². The third-order valence-electron chi connectivity index (χ3n) is 1.43. The van der Waals surface area contributed by atoms with Gasteiger partial charge in [-0.25, -0.2) is 4.79 Å². The molecule has 0 amide bonds. The first-order chi connectivity index (χ1) is 6.29. The fourth-order valence-corrected chi connectivity index (χ4v) is 0.890. The molecule has 1 rings (SSSR count). The lowest BCUT2D eigenvalue weighted by molar-refractivity contribution is 0.0953. The molecule has 0 fully saturated rings. The first kappa shape index (κ1) is 9.38. The molecule has 0 aromatic heterocycles. The Balaban J connectivity index is 2.17. The molecule has 0 bridgehead atoms. The first-order valence-corrected chi connectivity index (χ1v) is 3.93. The molecule has 0 saturated heterocycles. The lowest BCUT2D eigenvalue weighted by Crippen LogP contribution is -2.11. The fraction of sp³-hybridized carbons (Fsp3) is 0.222. The van der Waals surface area contributed by atoms with Crippen molar-refractivity contribution in [2.24, 2.45) is 0 Å². The minimum absolute atomic E-state index is 0.157. The van der Waals surface area contributed by atoms with Crippen LogP contribution in [0.25, 0.3) is 0 Å². The summed E-state index contributed by atoms with van der Waals surface area (Å²) < 4.78 is 4.32. The van der Waals surface area contributed by atoms with Gasteiger partial charge >= 0.3 is 6.16 Å². The molecule has 4 nitrogen and oxygen atoms in total. The van der Waals surface area contributed by atoms with Crippen LogP contribution in [0, 0.1) is 0 Å². The Morgan fingerprint density at radius 2 is 2.08 bits per heavy atom. The largest absolute Gasteiger partial charge is 0.505 e. The molecule has 0 spiro atoms. The van der Waals surface area contributed by atoms with Gasteiger partial charge in [-0.15, -0.1) is 0 Å². The van der Waals surface area contributed by atoms with E-state index in [1.807, 2.05) is 30.3 Å². The molecule has 1 aromatic rings. The van der Waals surface area contributed by atoms with Crippen molar-refractivity contribution < 1.29 is 14.6 Å². The Morgan fingerprint density at radius 3 is 2.69 bits per heavy atom. The monoisotopic (exact) mass is 181 g/mol. The van der Waals surface area contributed by atoms with Crippen LogP contribution in [-0.2, 0) is 4.74 Å². The second-order valence-corrected chi connectivity index (χ2v) is 2.41. The number of para-hydroxylation sites is 1. The van der Waals surface area contributed by atoms with Crippen LogP contribution in [0.1, 0.15) is 0 Å². The Kier molecular flexibility index (Phi) is 3.63. The van der Waals surface area contributed by atoms with E-state index in [1.54, 1.807) is 0 Å². The Bertz CT molecular complexity index is 261. The first-order valence-electron chi connectivity index (χ1n) is 3.93. The molecule has 70 valence electrons. The molecule has 0 radical (unpaired) electrons. The third kappa shape index (κ3) is 4.00. The van der Waals surface area contributed by atoms with E-state index in [0.717, 1.165) is 5.69 Å². The predicted octanol–water partition coefficient (Wildman–Crippen LogP) is 1.79. The van der Waals surface area contributed by atoms with Crippen molar-refractivity contribution in [2.75, 3.05) is 18.5 Å². The molecule has 2 N–H and O–H groups in total. The van der Waals surface area contributed by atoms with Gasteiger partial charge in [0, 0.05) is 12.2 Å². The van der Waals surface area contributed by atoms with Crippen LogP contribution in [0.4, 0.5) is 10.5 Å². The average molecular weight is 181 g/mol. The van der Waals surface area contributed by atoms with Gasteiger partial charge in [0.2, 0.25) is 0 Å². The lowest BCUT2D eigenvalue weighted by atomic mass is 10.3. The maximum absolute atomic E-state index is 9.96. The maximum atomic E-state index is 9.96. The number of benzene rings is 1. The highest BCUT2D eigenvalue weighted by molar-refractivity contribution is 5.56. The molecule has 4 heteroatoms. The quantitative estimate of drug-likeness (QED) is 0.549.